The lowest BCUT2D eigenvalue weighted by molar-refractivity contribution is 0.803. The first kappa shape index (κ1) is 10.9. The average Bonchev–Trinajstić information content (AvgIpc) is 2.10. The highest BCUT2D eigenvalue weighted by Crippen LogP contribution is 2.25. The molecule has 0 aliphatic heterocycles. The fourth-order valence-corrected chi connectivity index (χ4v) is 2.16. The zero-order chi connectivity index (χ0) is 9.68. The third kappa shape index (κ3) is 3.22. The Hall–Kier alpha value is -0.180. The normalized spacial score (nSPS) is 10.4. The molecule has 1 N–H and O–H groups in total. The van der Waals surface area contributed by atoms with Gasteiger partial charge in [0.25, 0.3) is 0 Å². The summed E-state index contributed by atoms with van der Waals surface area (Å²) < 4.78 is 0. The molecule has 1 aromatic carbocycles. The summed E-state index contributed by atoms with van der Waals surface area (Å²) in [5.74, 6) is 1.10. The molecule has 0 saturated carbocycles. The van der Waals surface area contributed by atoms with Crippen molar-refractivity contribution >= 4 is 23.4 Å². The van der Waals surface area contributed by atoms with E-state index in [1.165, 1.54) is 10.5 Å². The predicted octanol–water partition coefficient (Wildman–Crippen LogP) is 3.17. The minimum atomic E-state index is 0.811. The van der Waals surface area contributed by atoms with E-state index >= 15 is 0 Å². The van der Waals surface area contributed by atoms with Crippen molar-refractivity contribution in [2.75, 3.05) is 12.8 Å². The van der Waals surface area contributed by atoms with Crippen LogP contribution in [0.25, 0.3) is 0 Å². The fourth-order valence-electron chi connectivity index (χ4n) is 1.17. The molecule has 13 heavy (non-hydrogen) atoms. The fraction of sp³-hybridized carbons (Fsp3) is 0.400. The van der Waals surface area contributed by atoms with Crippen molar-refractivity contribution < 1.29 is 0 Å². The molecule has 0 heterocycles. The van der Waals surface area contributed by atoms with E-state index in [0.717, 1.165) is 17.3 Å². The molecule has 3 heteroatoms. The van der Waals surface area contributed by atoms with Crippen molar-refractivity contribution in [3.8, 4) is 0 Å². The highest BCUT2D eigenvalue weighted by Gasteiger charge is 2.01. The first-order chi connectivity index (χ1) is 6.27. The Balaban J connectivity index is 2.89. The molecular weight excluding hydrogens is 202 g/mol. The molecule has 0 bridgehead atoms. The molecule has 72 valence electrons. The van der Waals surface area contributed by atoms with Gasteiger partial charge in [-0.05, 0) is 36.6 Å². The molecule has 1 rings (SSSR count). The van der Waals surface area contributed by atoms with Crippen LogP contribution >= 0.6 is 23.4 Å². The molecule has 0 spiro atoms. The molecule has 0 radical (unpaired) electrons. The van der Waals surface area contributed by atoms with Gasteiger partial charge in [0.15, 0.2) is 0 Å². The van der Waals surface area contributed by atoms with Crippen molar-refractivity contribution in [3.63, 3.8) is 0 Å². The van der Waals surface area contributed by atoms with Crippen LogP contribution in [0.1, 0.15) is 12.5 Å². The van der Waals surface area contributed by atoms with E-state index in [0.29, 0.717) is 0 Å². The van der Waals surface area contributed by atoms with E-state index in [-0.39, 0.29) is 0 Å². The highest BCUT2D eigenvalue weighted by atomic mass is 35.5. The molecular formula is C10H14ClNS. The lowest BCUT2D eigenvalue weighted by atomic mass is 10.2. The smallest absolute Gasteiger partial charge is 0.0410 e. The maximum atomic E-state index is 5.92. The lowest BCUT2D eigenvalue weighted by Crippen LogP contribution is -2.06. The summed E-state index contributed by atoms with van der Waals surface area (Å²) in [6, 6.07) is 6.05. The Morgan fingerprint density at radius 2 is 2.23 bits per heavy atom. The molecule has 0 aromatic heterocycles. The summed E-state index contributed by atoms with van der Waals surface area (Å²) >= 11 is 7.77. The van der Waals surface area contributed by atoms with Crippen LogP contribution in [0, 0.1) is 0 Å². The van der Waals surface area contributed by atoms with E-state index in [9.17, 15) is 0 Å². The van der Waals surface area contributed by atoms with E-state index in [1.54, 1.807) is 0 Å². The van der Waals surface area contributed by atoms with Crippen LogP contribution in [-0.2, 0) is 6.54 Å². The Bertz CT molecular complexity index is 276. The van der Waals surface area contributed by atoms with Crippen LogP contribution in [0.2, 0.25) is 5.02 Å². The molecule has 0 aliphatic rings. The summed E-state index contributed by atoms with van der Waals surface area (Å²) in [5.41, 5.74) is 1.28. The lowest BCUT2D eigenvalue weighted by Gasteiger charge is -2.07. The Morgan fingerprint density at radius 3 is 2.85 bits per heavy atom. The predicted molar refractivity (Wildman–Crippen MR) is 60.6 cm³/mol. The number of rotatable bonds is 4. The quantitative estimate of drug-likeness (QED) is 0.775. The number of hydrogen-bond donors (Lipinski definition) is 1. The van der Waals surface area contributed by atoms with Crippen LogP contribution in [0.15, 0.2) is 23.1 Å². The second-order valence-electron chi connectivity index (χ2n) is 2.72. The number of hydrogen-bond acceptors (Lipinski definition) is 2. The van der Waals surface area contributed by atoms with Crippen LogP contribution in [0.4, 0.5) is 0 Å². The van der Waals surface area contributed by atoms with Crippen molar-refractivity contribution in [1.82, 2.24) is 5.32 Å². The van der Waals surface area contributed by atoms with Crippen molar-refractivity contribution in [1.29, 1.82) is 0 Å². The second-order valence-corrected chi connectivity index (χ2v) is 4.46. The summed E-state index contributed by atoms with van der Waals surface area (Å²) in [6.07, 6.45) is 0. The zero-order valence-electron chi connectivity index (χ0n) is 7.93. The maximum Gasteiger partial charge on any atom is 0.0410 e. The maximum absolute atomic E-state index is 5.92. The van der Waals surface area contributed by atoms with E-state index in [2.05, 4.69) is 18.3 Å². The third-order valence-corrected chi connectivity index (χ3v) is 2.92. The molecule has 0 aliphatic carbocycles. The van der Waals surface area contributed by atoms with Gasteiger partial charge < -0.3 is 5.32 Å². The number of benzene rings is 1. The standard InChI is InChI=1S/C10H14ClNS/c1-3-13-10-5-4-9(11)6-8(10)7-12-2/h4-6,12H,3,7H2,1-2H3. The van der Waals surface area contributed by atoms with Crippen LogP contribution in [0.3, 0.4) is 0 Å². The number of nitrogens with one attached hydrogen (secondary N) is 1. The number of thioether (sulfide) groups is 1. The average molecular weight is 216 g/mol. The Kier molecular flexibility index (Phi) is 4.64. The van der Waals surface area contributed by atoms with Gasteiger partial charge in [0.1, 0.15) is 0 Å². The van der Waals surface area contributed by atoms with Gasteiger partial charge in [-0.3, -0.25) is 0 Å². The molecule has 0 amide bonds. The molecule has 0 fully saturated rings. The van der Waals surface area contributed by atoms with Gasteiger partial charge in [-0.25, -0.2) is 0 Å². The van der Waals surface area contributed by atoms with E-state index in [1.807, 2.05) is 30.9 Å². The molecule has 1 aromatic rings. The first-order valence-corrected chi connectivity index (χ1v) is 5.70. The summed E-state index contributed by atoms with van der Waals surface area (Å²) in [6.45, 7) is 3.03. The van der Waals surface area contributed by atoms with Gasteiger partial charge in [0.2, 0.25) is 0 Å². The summed E-state index contributed by atoms with van der Waals surface area (Å²) in [7, 11) is 1.95. The van der Waals surface area contributed by atoms with Gasteiger partial charge in [-0.2, -0.15) is 0 Å². The van der Waals surface area contributed by atoms with Crippen molar-refractivity contribution in [2.45, 2.75) is 18.4 Å². The summed E-state index contributed by atoms with van der Waals surface area (Å²) in [5, 5.41) is 3.95. The first-order valence-electron chi connectivity index (χ1n) is 4.33. The largest absolute Gasteiger partial charge is 0.316 e. The third-order valence-electron chi connectivity index (χ3n) is 1.69. The van der Waals surface area contributed by atoms with Crippen LogP contribution in [0.5, 0.6) is 0 Å². The van der Waals surface area contributed by atoms with Gasteiger partial charge in [-0.15, -0.1) is 11.8 Å². The van der Waals surface area contributed by atoms with Crippen molar-refractivity contribution in [2.24, 2.45) is 0 Å². The molecule has 0 atom stereocenters. The van der Waals surface area contributed by atoms with Gasteiger partial charge in [0, 0.05) is 16.5 Å². The van der Waals surface area contributed by atoms with Crippen molar-refractivity contribution in [3.05, 3.63) is 28.8 Å². The van der Waals surface area contributed by atoms with Crippen LogP contribution in [-0.4, -0.2) is 12.8 Å². The van der Waals surface area contributed by atoms with E-state index in [4.69, 9.17) is 11.6 Å². The molecule has 0 unspecified atom stereocenters. The summed E-state index contributed by atoms with van der Waals surface area (Å²) in [4.78, 5) is 1.32. The van der Waals surface area contributed by atoms with Gasteiger partial charge in [-0.1, -0.05) is 18.5 Å². The Morgan fingerprint density at radius 1 is 1.46 bits per heavy atom. The SMILES string of the molecule is CCSc1ccc(Cl)cc1CNC. The topological polar surface area (TPSA) is 12.0 Å². The molecule has 1 nitrogen and oxygen atoms in total. The zero-order valence-corrected chi connectivity index (χ0v) is 9.50. The monoisotopic (exact) mass is 215 g/mol. The van der Waals surface area contributed by atoms with Gasteiger partial charge >= 0.3 is 0 Å². The highest BCUT2D eigenvalue weighted by molar-refractivity contribution is 7.99. The minimum absolute atomic E-state index is 0.811. The van der Waals surface area contributed by atoms with E-state index < -0.39 is 0 Å². The Labute approximate surface area is 88.9 Å². The molecule has 0 saturated heterocycles. The minimum Gasteiger partial charge on any atom is -0.316 e. The number of halogens is 1. The second kappa shape index (κ2) is 5.53. The van der Waals surface area contributed by atoms with Gasteiger partial charge in [0.05, 0.1) is 0 Å². The van der Waals surface area contributed by atoms with Crippen LogP contribution < -0.4 is 5.32 Å².